The van der Waals surface area contributed by atoms with Gasteiger partial charge in [-0.15, -0.1) is 0 Å². The van der Waals surface area contributed by atoms with Crippen molar-refractivity contribution in [3.05, 3.63) is 12.2 Å². The van der Waals surface area contributed by atoms with Gasteiger partial charge < -0.3 is 15.3 Å². The van der Waals surface area contributed by atoms with Crippen molar-refractivity contribution in [2.24, 2.45) is 0 Å². The standard InChI is InChI=1S/C16H31NO3/c1-2-3-4-5-6-7-8-11-17-12-9-10-14(18)16(20)15(19)13-17/h9-10,14-16,18-20H,2-8,11-13H2,1H3/b10-9-/t14-,15+,16+/m1/s1. The van der Waals surface area contributed by atoms with Crippen molar-refractivity contribution in [2.75, 3.05) is 19.6 Å². The molecular weight excluding hydrogens is 254 g/mol. The maximum Gasteiger partial charge on any atom is 0.111 e. The summed E-state index contributed by atoms with van der Waals surface area (Å²) in [6, 6.07) is 0. The molecule has 0 fully saturated rings. The van der Waals surface area contributed by atoms with E-state index in [4.69, 9.17) is 0 Å². The van der Waals surface area contributed by atoms with Crippen LogP contribution in [0, 0.1) is 0 Å². The lowest BCUT2D eigenvalue weighted by molar-refractivity contribution is -0.0548. The lowest BCUT2D eigenvalue weighted by Gasteiger charge is -2.30. The molecule has 0 aliphatic carbocycles. The summed E-state index contributed by atoms with van der Waals surface area (Å²) >= 11 is 0. The van der Waals surface area contributed by atoms with Crippen LogP contribution in [0.5, 0.6) is 0 Å². The Kier molecular flexibility index (Phi) is 9.10. The van der Waals surface area contributed by atoms with E-state index >= 15 is 0 Å². The van der Waals surface area contributed by atoms with Crippen LogP contribution in [0.1, 0.15) is 51.9 Å². The summed E-state index contributed by atoms with van der Waals surface area (Å²) in [5, 5.41) is 29.1. The first-order chi connectivity index (χ1) is 9.65. The fraction of sp³-hybridized carbons (Fsp3) is 0.875. The molecule has 0 spiro atoms. The van der Waals surface area contributed by atoms with Crippen molar-refractivity contribution in [3.63, 3.8) is 0 Å². The van der Waals surface area contributed by atoms with Crippen molar-refractivity contribution in [1.29, 1.82) is 0 Å². The molecule has 0 aromatic heterocycles. The molecule has 1 aliphatic heterocycles. The van der Waals surface area contributed by atoms with Gasteiger partial charge in [-0.2, -0.15) is 0 Å². The topological polar surface area (TPSA) is 63.9 Å². The normalized spacial score (nSPS) is 29.9. The number of unbranched alkanes of at least 4 members (excludes halogenated alkanes) is 6. The molecule has 1 aliphatic rings. The molecule has 4 nitrogen and oxygen atoms in total. The summed E-state index contributed by atoms with van der Waals surface area (Å²) < 4.78 is 0. The number of hydrogen-bond donors (Lipinski definition) is 3. The molecule has 3 atom stereocenters. The third kappa shape index (κ3) is 6.84. The molecule has 0 saturated carbocycles. The summed E-state index contributed by atoms with van der Waals surface area (Å²) in [4.78, 5) is 2.14. The predicted octanol–water partition coefficient (Wildman–Crippen LogP) is 1.69. The van der Waals surface area contributed by atoms with E-state index in [0.29, 0.717) is 6.54 Å². The molecule has 0 bridgehead atoms. The van der Waals surface area contributed by atoms with Crippen LogP contribution in [0.25, 0.3) is 0 Å². The summed E-state index contributed by atoms with van der Waals surface area (Å²) in [5.74, 6) is 0. The zero-order chi connectivity index (χ0) is 14.8. The SMILES string of the molecule is CCCCCCCCCN1C/C=C\[C@@H](O)[C@H](O)[C@@H](O)C1. The average molecular weight is 285 g/mol. The molecule has 118 valence electrons. The third-order valence-corrected chi connectivity index (χ3v) is 3.96. The van der Waals surface area contributed by atoms with E-state index in [1.807, 2.05) is 6.08 Å². The molecule has 20 heavy (non-hydrogen) atoms. The van der Waals surface area contributed by atoms with Crippen LogP contribution in [0.15, 0.2) is 12.2 Å². The van der Waals surface area contributed by atoms with Gasteiger partial charge in [0, 0.05) is 13.1 Å². The van der Waals surface area contributed by atoms with Gasteiger partial charge >= 0.3 is 0 Å². The van der Waals surface area contributed by atoms with Gasteiger partial charge in [-0.05, 0) is 13.0 Å². The average Bonchev–Trinajstić information content (AvgIpc) is 2.43. The molecule has 4 heteroatoms. The molecule has 0 radical (unpaired) electrons. The Hall–Kier alpha value is -0.420. The van der Waals surface area contributed by atoms with E-state index in [1.54, 1.807) is 6.08 Å². The van der Waals surface area contributed by atoms with Crippen molar-refractivity contribution < 1.29 is 15.3 Å². The minimum Gasteiger partial charge on any atom is -0.389 e. The van der Waals surface area contributed by atoms with Gasteiger partial charge in [0.1, 0.15) is 12.2 Å². The number of aliphatic hydroxyl groups is 3. The van der Waals surface area contributed by atoms with Crippen LogP contribution in [-0.4, -0.2) is 58.2 Å². The lowest BCUT2D eigenvalue weighted by Crippen LogP contribution is -2.46. The molecule has 0 amide bonds. The van der Waals surface area contributed by atoms with E-state index in [9.17, 15) is 15.3 Å². The monoisotopic (exact) mass is 285 g/mol. The zero-order valence-electron chi connectivity index (χ0n) is 12.7. The van der Waals surface area contributed by atoms with E-state index in [0.717, 1.165) is 19.5 Å². The highest BCUT2D eigenvalue weighted by Gasteiger charge is 2.26. The van der Waals surface area contributed by atoms with Crippen molar-refractivity contribution >= 4 is 0 Å². The molecule has 1 heterocycles. The minimum atomic E-state index is -1.08. The quantitative estimate of drug-likeness (QED) is 0.469. The lowest BCUT2D eigenvalue weighted by atomic mass is 10.0. The second-order valence-corrected chi connectivity index (χ2v) is 5.86. The molecule has 0 unspecified atom stereocenters. The first-order valence-electron chi connectivity index (χ1n) is 8.08. The second-order valence-electron chi connectivity index (χ2n) is 5.86. The van der Waals surface area contributed by atoms with Gasteiger partial charge in [-0.3, -0.25) is 4.90 Å². The zero-order valence-corrected chi connectivity index (χ0v) is 12.7. The Morgan fingerprint density at radius 1 is 1.00 bits per heavy atom. The van der Waals surface area contributed by atoms with Crippen LogP contribution in [0.4, 0.5) is 0 Å². The van der Waals surface area contributed by atoms with E-state index in [1.165, 1.54) is 38.5 Å². The molecule has 0 aromatic rings. The first kappa shape index (κ1) is 17.6. The van der Waals surface area contributed by atoms with Gasteiger partial charge in [0.05, 0.1) is 6.10 Å². The molecule has 1 rings (SSSR count). The van der Waals surface area contributed by atoms with E-state index in [2.05, 4.69) is 11.8 Å². The fourth-order valence-corrected chi connectivity index (χ4v) is 2.61. The Bertz CT molecular complexity index is 270. The summed E-state index contributed by atoms with van der Waals surface area (Å²) in [5.41, 5.74) is 0. The minimum absolute atomic E-state index is 0.429. The molecular formula is C16H31NO3. The Labute approximate surface area is 123 Å². The maximum atomic E-state index is 9.84. The Balaban J connectivity index is 2.18. The summed E-state index contributed by atoms with van der Waals surface area (Å²) in [6.07, 6.45) is 9.46. The molecule has 0 aromatic carbocycles. The third-order valence-electron chi connectivity index (χ3n) is 3.96. The van der Waals surface area contributed by atoms with Crippen LogP contribution in [-0.2, 0) is 0 Å². The number of rotatable bonds is 8. The second kappa shape index (κ2) is 10.3. The summed E-state index contributed by atoms with van der Waals surface area (Å²) in [6.45, 7) is 4.33. The van der Waals surface area contributed by atoms with Crippen LogP contribution < -0.4 is 0 Å². The number of β-amino-alcohol motifs (C(OH)–C–C–N with tert-alkyl or cyclic N) is 1. The first-order valence-corrected chi connectivity index (χ1v) is 8.08. The van der Waals surface area contributed by atoms with E-state index < -0.39 is 18.3 Å². The van der Waals surface area contributed by atoms with Crippen LogP contribution in [0.2, 0.25) is 0 Å². The van der Waals surface area contributed by atoms with Crippen LogP contribution >= 0.6 is 0 Å². The fourth-order valence-electron chi connectivity index (χ4n) is 2.61. The van der Waals surface area contributed by atoms with Crippen LogP contribution in [0.3, 0.4) is 0 Å². The van der Waals surface area contributed by atoms with Gasteiger partial charge in [0.2, 0.25) is 0 Å². The van der Waals surface area contributed by atoms with Gasteiger partial charge in [-0.25, -0.2) is 0 Å². The highest BCUT2D eigenvalue weighted by atomic mass is 16.4. The van der Waals surface area contributed by atoms with Gasteiger partial charge in [0.25, 0.3) is 0 Å². The predicted molar refractivity (Wildman–Crippen MR) is 81.6 cm³/mol. The van der Waals surface area contributed by atoms with Crippen molar-refractivity contribution in [3.8, 4) is 0 Å². The number of aliphatic hydroxyl groups excluding tert-OH is 3. The Morgan fingerprint density at radius 3 is 2.35 bits per heavy atom. The van der Waals surface area contributed by atoms with E-state index in [-0.39, 0.29) is 0 Å². The number of hydrogen-bond acceptors (Lipinski definition) is 4. The van der Waals surface area contributed by atoms with Gasteiger partial charge in [-0.1, -0.05) is 57.6 Å². The van der Waals surface area contributed by atoms with Gasteiger partial charge in [0.15, 0.2) is 0 Å². The largest absolute Gasteiger partial charge is 0.389 e. The highest BCUT2D eigenvalue weighted by Crippen LogP contribution is 2.11. The number of nitrogens with zero attached hydrogens (tertiary/aromatic N) is 1. The molecule has 3 N–H and O–H groups in total. The van der Waals surface area contributed by atoms with Crippen molar-refractivity contribution in [2.45, 2.75) is 70.2 Å². The highest BCUT2D eigenvalue weighted by molar-refractivity contribution is 4.98. The summed E-state index contributed by atoms with van der Waals surface area (Å²) in [7, 11) is 0. The molecule has 0 saturated heterocycles. The van der Waals surface area contributed by atoms with Crippen molar-refractivity contribution in [1.82, 2.24) is 4.90 Å². The maximum absolute atomic E-state index is 9.84. The Morgan fingerprint density at radius 2 is 1.65 bits per heavy atom. The smallest absolute Gasteiger partial charge is 0.111 e.